The molecule has 2 aromatic rings. The van der Waals surface area contributed by atoms with Crippen LogP contribution in [-0.2, 0) is 15.4 Å². The Kier molecular flexibility index (Phi) is 6.03. The number of thioether (sulfide) groups is 1. The Morgan fingerprint density at radius 2 is 1.83 bits per heavy atom. The standard InChI is InChI=1S/C21H27N3O3S2/c25-20(23-16-21(8-4-5-9-21)17-6-2-1-3-7-17)19-14-18(15-22-19)29(26,27)24-10-12-28-13-11-24/h1-3,6-7,14-15,22H,4-5,8-13,16H2,(H,23,25). The summed E-state index contributed by atoms with van der Waals surface area (Å²) in [4.78, 5) is 15.8. The normalized spacial score (nSPS) is 19.9. The van der Waals surface area contributed by atoms with Gasteiger partial charge in [0, 0.05) is 42.8 Å². The molecule has 1 amide bonds. The van der Waals surface area contributed by atoms with Gasteiger partial charge in [0.1, 0.15) is 10.6 Å². The summed E-state index contributed by atoms with van der Waals surface area (Å²) < 4.78 is 27.1. The molecule has 0 spiro atoms. The molecule has 0 radical (unpaired) electrons. The summed E-state index contributed by atoms with van der Waals surface area (Å²) in [5.74, 6) is 1.35. The zero-order valence-electron chi connectivity index (χ0n) is 16.4. The average molecular weight is 434 g/mol. The van der Waals surface area contributed by atoms with Gasteiger partial charge in [0.05, 0.1) is 0 Å². The number of nitrogens with one attached hydrogen (secondary N) is 2. The largest absolute Gasteiger partial charge is 0.356 e. The third kappa shape index (κ3) is 4.25. The molecule has 156 valence electrons. The molecular formula is C21H27N3O3S2. The van der Waals surface area contributed by atoms with Crippen molar-refractivity contribution < 1.29 is 13.2 Å². The van der Waals surface area contributed by atoms with E-state index in [-0.39, 0.29) is 21.9 Å². The van der Waals surface area contributed by atoms with E-state index in [0.29, 0.717) is 19.6 Å². The topological polar surface area (TPSA) is 82.3 Å². The fraction of sp³-hybridized carbons (Fsp3) is 0.476. The molecule has 29 heavy (non-hydrogen) atoms. The first-order valence-electron chi connectivity index (χ1n) is 10.1. The number of carbonyl (C=O) groups excluding carboxylic acids is 1. The second-order valence-corrected chi connectivity index (χ2v) is 11.0. The molecule has 2 aliphatic rings. The number of aromatic nitrogens is 1. The first kappa shape index (κ1) is 20.5. The molecule has 2 N–H and O–H groups in total. The Bertz CT molecular complexity index is 945. The highest BCUT2D eigenvalue weighted by molar-refractivity contribution is 7.99. The minimum absolute atomic E-state index is 0.0378. The van der Waals surface area contributed by atoms with Gasteiger partial charge in [0.15, 0.2) is 0 Å². The summed E-state index contributed by atoms with van der Waals surface area (Å²) in [6.07, 6.45) is 5.84. The van der Waals surface area contributed by atoms with E-state index in [1.165, 1.54) is 22.1 Å². The van der Waals surface area contributed by atoms with Crippen molar-refractivity contribution in [2.24, 2.45) is 0 Å². The Morgan fingerprint density at radius 1 is 1.14 bits per heavy atom. The molecule has 0 atom stereocenters. The van der Waals surface area contributed by atoms with E-state index in [9.17, 15) is 13.2 Å². The number of H-pyrrole nitrogens is 1. The van der Waals surface area contributed by atoms with Crippen molar-refractivity contribution in [3.8, 4) is 0 Å². The summed E-state index contributed by atoms with van der Waals surface area (Å²) in [6.45, 7) is 1.58. The van der Waals surface area contributed by atoms with Crippen molar-refractivity contribution in [2.45, 2.75) is 36.0 Å². The van der Waals surface area contributed by atoms with Crippen LogP contribution >= 0.6 is 11.8 Å². The number of aromatic amines is 1. The molecule has 1 saturated carbocycles. The third-order valence-electron chi connectivity index (χ3n) is 6.04. The SMILES string of the molecule is O=C(NCC1(c2ccccc2)CCCC1)c1cc(S(=O)(=O)N2CCSCC2)c[nH]1. The molecule has 1 aliphatic carbocycles. The maximum absolute atomic E-state index is 12.8. The molecule has 1 aromatic carbocycles. The Balaban J connectivity index is 1.45. The number of benzene rings is 1. The molecule has 4 rings (SSSR count). The lowest BCUT2D eigenvalue weighted by Crippen LogP contribution is -2.39. The lowest BCUT2D eigenvalue weighted by Gasteiger charge is -2.30. The smallest absolute Gasteiger partial charge is 0.267 e. The summed E-state index contributed by atoms with van der Waals surface area (Å²) in [5, 5.41) is 3.04. The molecule has 2 heterocycles. The number of hydrogen-bond acceptors (Lipinski definition) is 4. The Hall–Kier alpha value is -1.77. The van der Waals surface area contributed by atoms with Crippen molar-refractivity contribution in [3.05, 3.63) is 53.9 Å². The summed E-state index contributed by atoms with van der Waals surface area (Å²) in [7, 11) is -3.55. The van der Waals surface area contributed by atoms with Crippen molar-refractivity contribution in [2.75, 3.05) is 31.1 Å². The molecule has 1 aromatic heterocycles. The third-order valence-corrected chi connectivity index (χ3v) is 8.86. The van der Waals surface area contributed by atoms with E-state index < -0.39 is 10.0 Å². The van der Waals surface area contributed by atoms with E-state index in [0.717, 1.165) is 37.2 Å². The summed E-state index contributed by atoms with van der Waals surface area (Å²) in [6, 6.07) is 11.8. The van der Waals surface area contributed by atoms with Gasteiger partial charge in [-0.05, 0) is 24.5 Å². The van der Waals surface area contributed by atoms with E-state index in [2.05, 4.69) is 22.4 Å². The van der Waals surface area contributed by atoms with Gasteiger partial charge in [0.2, 0.25) is 10.0 Å². The van der Waals surface area contributed by atoms with Crippen LogP contribution in [0.25, 0.3) is 0 Å². The minimum atomic E-state index is -3.55. The van der Waals surface area contributed by atoms with Crippen LogP contribution in [0.15, 0.2) is 47.5 Å². The lowest BCUT2D eigenvalue weighted by molar-refractivity contribution is 0.0938. The fourth-order valence-electron chi connectivity index (χ4n) is 4.35. The Labute approximate surface area is 176 Å². The second-order valence-electron chi connectivity index (χ2n) is 7.80. The van der Waals surface area contributed by atoms with Crippen LogP contribution in [0.3, 0.4) is 0 Å². The van der Waals surface area contributed by atoms with Crippen LogP contribution in [0.2, 0.25) is 0 Å². The zero-order valence-corrected chi connectivity index (χ0v) is 18.0. The van der Waals surface area contributed by atoms with Gasteiger partial charge in [-0.15, -0.1) is 0 Å². The summed E-state index contributed by atoms with van der Waals surface area (Å²) >= 11 is 1.76. The quantitative estimate of drug-likeness (QED) is 0.734. The van der Waals surface area contributed by atoms with Crippen LogP contribution in [0.4, 0.5) is 0 Å². The van der Waals surface area contributed by atoms with Gasteiger partial charge in [-0.3, -0.25) is 4.79 Å². The molecule has 6 nitrogen and oxygen atoms in total. The van der Waals surface area contributed by atoms with Crippen molar-refractivity contribution >= 4 is 27.7 Å². The Morgan fingerprint density at radius 3 is 2.52 bits per heavy atom. The number of amides is 1. The number of nitrogens with zero attached hydrogens (tertiary/aromatic N) is 1. The van der Waals surface area contributed by atoms with Crippen LogP contribution < -0.4 is 5.32 Å². The first-order chi connectivity index (χ1) is 14.0. The van der Waals surface area contributed by atoms with Gasteiger partial charge >= 0.3 is 0 Å². The summed E-state index contributed by atoms with van der Waals surface area (Å²) in [5.41, 5.74) is 1.51. The maximum Gasteiger partial charge on any atom is 0.267 e. The second kappa shape index (κ2) is 8.53. The van der Waals surface area contributed by atoms with Gasteiger partial charge in [-0.2, -0.15) is 16.1 Å². The van der Waals surface area contributed by atoms with Crippen LogP contribution in [0, 0.1) is 0 Å². The predicted molar refractivity (Wildman–Crippen MR) is 116 cm³/mol. The van der Waals surface area contributed by atoms with Crippen molar-refractivity contribution in [1.82, 2.24) is 14.6 Å². The monoisotopic (exact) mass is 433 g/mol. The molecule has 1 saturated heterocycles. The lowest BCUT2D eigenvalue weighted by atomic mass is 9.79. The average Bonchev–Trinajstić information content (AvgIpc) is 3.44. The van der Waals surface area contributed by atoms with E-state index in [1.54, 1.807) is 11.8 Å². The van der Waals surface area contributed by atoms with E-state index in [4.69, 9.17) is 0 Å². The van der Waals surface area contributed by atoms with Crippen molar-refractivity contribution in [1.29, 1.82) is 0 Å². The van der Waals surface area contributed by atoms with Gasteiger partial charge in [0.25, 0.3) is 5.91 Å². The molecule has 2 fully saturated rings. The molecule has 0 bridgehead atoms. The number of carbonyl (C=O) groups is 1. The fourth-order valence-corrected chi connectivity index (χ4v) is 6.92. The highest BCUT2D eigenvalue weighted by atomic mass is 32.2. The molecule has 1 aliphatic heterocycles. The predicted octanol–water partition coefficient (Wildman–Crippen LogP) is 2.99. The van der Waals surface area contributed by atoms with E-state index >= 15 is 0 Å². The maximum atomic E-state index is 12.8. The number of hydrogen-bond donors (Lipinski definition) is 2. The van der Waals surface area contributed by atoms with E-state index in [1.807, 2.05) is 18.2 Å². The van der Waals surface area contributed by atoms with Gasteiger partial charge in [-0.25, -0.2) is 8.42 Å². The molecule has 8 heteroatoms. The van der Waals surface area contributed by atoms with Crippen LogP contribution in [0.1, 0.15) is 41.7 Å². The number of rotatable bonds is 6. The molecular weight excluding hydrogens is 406 g/mol. The van der Waals surface area contributed by atoms with Gasteiger partial charge in [-0.1, -0.05) is 43.2 Å². The van der Waals surface area contributed by atoms with Crippen LogP contribution in [-0.4, -0.2) is 54.8 Å². The highest BCUT2D eigenvalue weighted by Gasteiger charge is 2.36. The zero-order chi connectivity index (χ0) is 20.3. The minimum Gasteiger partial charge on any atom is -0.356 e. The van der Waals surface area contributed by atoms with Crippen LogP contribution in [0.5, 0.6) is 0 Å². The van der Waals surface area contributed by atoms with Gasteiger partial charge < -0.3 is 10.3 Å². The highest BCUT2D eigenvalue weighted by Crippen LogP contribution is 2.40. The molecule has 0 unspecified atom stereocenters. The number of sulfonamides is 1. The van der Waals surface area contributed by atoms with Crippen molar-refractivity contribution in [3.63, 3.8) is 0 Å². The first-order valence-corrected chi connectivity index (χ1v) is 12.7.